The fourth-order valence-electron chi connectivity index (χ4n) is 2.96. The van der Waals surface area contributed by atoms with Gasteiger partial charge < -0.3 is 4.90 Å². The molecule has 0 radical (unpaired) electrons. The smallest absolute Gasteiger partial charge is 0.240 e. The van der Waals surface area contributed by atoms with Crippen LogP contribution >= 0.6 is 11.8 Å². The molecule has 2 aromatic rings. The van der Waals surface area contributed by atoms with Crippen molar-refractivity contribution >= 4 is 33.4 Å². The first kappa shape index (κ1) is 19.9. The zero-order valence-electron chi connectivity index (χ0n) is 14.9. The Balaban J connectivity index is 1.53. The van der Waals surface area contributed by atoms with Crippen molar-refractivity contribution in [1.29, 1.82) is 0 Å². The minimum Gasteiger partial charge on any atom is -0.312 e. The molecule has 0 aliphatic carbocycles. The summed E-state index contributed by atoms with van der Waals surface area (Å²) < 4.78 is 40.4. The Morgan fingerprint density at radius 2 is 1.96 bits per heavy atom. The minimum atomic E-state index is -3.58. The predicted molar refractivity (Wildman–Crippen MR) is 105 cm³/mol. The second-order valence-electron chi connectivity index (χ2n) is 6.26. The van der Waals surface area contributed by atoms with E-state index in [9.17, 15) is 17.6 Å². The molecule has 1 N–H and O–H groups in total. The maximum atomic E-state index is 12.9. The first-order valence-electron chi connectivity index (χ1n) is 8.66. The maximum Gasteiger partial charge on any atom is 0.240 e. The van der Waals surface area contributed by atoms with Gasteiger partial charge in [0.1, 0.15) is 5.82 Å². The first-order chi connectivity index (χ1) is 12.9. The molecule has 3 rings (SSSR count). The summed E-state index contributed by atoms with van der Waals surface area (Å²) in [6, 6.07) is 11.1. The number of sulfonamides is 1. The van der Waals surface area contributed by atoms with Gasteiger partial charge in [0.25, 0.3) is 0 Å². The number of carbonyl (C=O) groups excluding carboxylic acids is 1. The molecular weight excluding hydrogens is 387 g/mol. The molecule has 27 heavy (non-hydrogen) atoms. The molecule has 0 bridgehead atoms. The number of thioether (sulfide) groups is 1. The molecule has 2 aromatic carbocycles. The molecule has 1 aliphatic rings. The zero-order valence-corrected chi connectivity index (χ0v) is 16.6. The quantitative estimate of drug-likeness (QED) is 0.564. The molecule has 0 saturated carbocycles. The molecule has 0 atom stereocenters. The van der Waals surface area contributed by atoms with Crippen molar-refractivity contribution in [3.8, 4) is 0 Å². The number of fused-ring (bicyclic) bond motifs is 1. The van der Waals surface area contributed by atoms with Gasteiger partial charge >= 0.3 is 0 Å². The lowest BCUT2D eigenvalue weighted by atomic mass is 10.2. The molecule has 0 unspecified atom stereocenters. The standard InChI is InChI=1S/C19H21FN2O3S2/c1-14(23)22-11-9-15-13-18(7-8-19(15)22)27(24,25)21-10-2-12-26-17-5-3-16(20)4-6-17/h3-8,13,21H,2,9-12H2,1H3. The molecule has 144 valence electrons. The van der Waals surface area contributed by atoms with E-state index in [1.54, 1.807) is 40.9 Å². The van der Waals surface area contributed by atoms with Gasteiger partial charge in [-0.25, -0.2) is 17.5 Å². The Morgan fingerprint density at radius 1 is 1.22 bits per heavy atom. The number of amides is 1. The fourth-order valence-corrected chi connectivity index (χ4v) is 4.93. The highest BCUT2D eigenvalue weighted by atomic mass is 32.2. The first-order valence-corrected chi connectivity index (χ1v) is 11.1. The third-order valence-corrected chi connectivity index (χ3v) is 6.89. The van der Waals surface area contributed by atoms with Crippen molar-refractivity contribution in [2.75, 3.05) is 23.7 Å². The summed E-state index contributed by atoms with van der Waals surface area (Å²) in [5.74, 6) is 0.417. The maximum absolute atomic E-state index is 12.9. The van der Waals surface area contributed by atoms with Crippen LogP contribution < -0.4 is 9.62 Å². The molecule has 8 heteroatoms. The monoisotopic (exact) mass is 408 g/mol. The Labute approximate surface area is 163 Å². The van der Waals surface area contributed by atoms with Gasteiger partial charge in [0.05, 0.1) is 4.90 Å². The van der Waals surface area contributed by atoms with Crippen LogP contribution in [0.2, 0.25) is 0 Å². The number of hydrogen-bond donors (Lipinski definition) is 1. The van der Waals surface area contributed by atoms with Crippen LogP contribution in [0.1, 0.15) is 18.9 Å². The van der Waals surface area contributed by atoms with E-state index in [4.69, 9.17) is 0 Å². The van der Waals surface area contributed by atoms with E-state index >= 15 is 0 Å². The van der Waals surface area contributed by atoms with Crippen molar-refractivity contribution in [3.63, 3.8) is 0 Å². The van der Waals surface area contributed by atoms with Crippen LogP contribution in [0.25, 0.3) is 0 Å². The molecule has 0 fully saturated rings. The van der Waals surface area contributed by atoms with Crippen LogP contribution in [-0.4, -0.2) is 33.2 Å². The lowest BCUT2D eigenvalue weighted by Crippen LogP contribution is -2.26. The van der Waals surface area contributed by atoms with Crippen molar-refractivity contribution in [3.05, 3.63) is 53.8 Å². The summed E-state index contributed by atoms with van der Waals surface area (Å²) in [6.45, 7) is 2.42. The second kappa shape index (κ2) is 8.41. The largest absolute Gasteiger partial charge is 0.312 e. The van der Waals surface area contributed by atoms with Gasteiger partial charge in [-0.2, -0.15) is 0 Å². The summed E-state index contributed by atoms with van der Waals surface area (Å²) >= 11 is 1.56. The summed E-state index contributed by atoms with van der Waals surface area (Å²) in [6.07, 6.45) is 1.32. The van der Waals surface area contributed by atoms with Gasteiger partial charge in [0.15, 0.2) is 0 Å². The highest BCUT2D eigenvalue weighted by Gasteiger charge is 2.24. The van der Waals surface area contributed by atoms with E-state index in [0.717, 1.165) is 21.9 Å². The van der Waals surface area contributed by atoms with Gasteiger partial charge in [-0.15, -0.1) is 11.8 Å². The summed E-state index contributed by atoms with van der Waals surface area (Å²) in [4.78, 5) is 14.4. The molecule has 0 aromatic heterocycles. The molecule has 0 saturated heterocycles. The third kappa shape index (κ3) is 4.88. The van der Waals surface area contributed by atoms with Gasteiger partial charge in [-0.1, -0.05) is 0 Å². The van der Waals surface area contributed by atoms with E-state index in [1.165, 1.54) is 25.1 Å². The SMILES string of the molecule is CC(=O)N1CCc2cc(S(=O)(=O)NCCCSc3ccc(F)cc3)ccc21. The fraction of sp³-hybridized carbons (Fsp3) is 0.316. The van der Waals surface area contributed by atoms with Gasteiger partial charge in [0.2, 0.25) is 15.9 Å². The van der Waals surface area contributed by atoms with Crippen molar-refractivity contribution in [2.45, 2.75) is 29.6 Å². The molecule has 1 heterocycles. The lowest BCUT2D eigenvalue weighted by Gasteiger charge is -2.15. The van der Waals surface area contributed by atoms with Gasteiger partial charge in [-0.05, 0) is 66.6 Å². The number of carbonyl (C=O) groups is 1. The van der Waals surface area contributed by atoms with E-state index in [-0.39, 0.29) is 16.6 Å². The summed E-state index contributed by atoms with van der Waals surface area (Å²) in [7, 11) is -3.58. The Hall–Kier alpha value is -1.90. The average Bonchev–Trinajstić information content (AvgIpc) is 3.06. The molecular formula is C19H21FN2O3S2. The molecule has 1 amide bonds. The number of halogens is 1. The van der Waals surface area contributed by atoms with Crippen molar-refractivity contribution in [2.24, 2.45) is 0 Å². The number of benzene rings is 2. The van der Waals surface area contributed by atoms with Crippen molar-refractivity contribution in [1.82, 2.24) is 4.72 Å². The van der Waals surface area contributed by atoms with E-state index < -0.39 is 10.0 Å². The van der Waals surface area contributed by atoms with Crippen LogP contribution in [0.5, 0.6) is 0 Å². The van der Waals surface area contributed by atoms with Gasteiger partial charge in [-0.3, -0.25) is 4.79 Å². The lowest BCUT2D eigenvalue weighted by molar-refractivity contribution is -0.116. The van der Waals surface area contributed by atoms with Crippen LogP contribution in [-0.2, 0) is 21.2 Å². The molecule has 5 nitrogen and oxygen atoms in total. The van der Waals surface area contributed by atoms with E-state index in [2.05, 4.69) is 4.72 Å². The van der Waals surface area contributed by atoms with E-state index in [1.807, 2.05) is 0 Å². The number of nitrogens with one attached hydrogen (secondary N) is 1. The number of hydrogen-bond acceptors (Lipinski definition) is 4. The number of anilines is 1. The average molecular weight is 409 g/mol. The Kier molecular flexibility index (Phi) is 6.18. The normalized spacial score (nSPS) is 13.6. The van der Waals surface area contributed by atoms with Gasteiger partial charge in [0, 0.05) is 30.6 Å². The van der Waals surface area contributed by atoms with Crippen molar-refractivity contribution < 1.29 is 17.6 Å². The predicted octanol–water partition coefficient (Wildman–Crippen LogP) is 3.20. The van der Waals surface area contributed by atoms with E-state index in [0.29, 0.717) is 25.9 Å². The zero-order chi connectivity index (χ0) is 19.4. The molecule has 0 spiro atoms. The van der Waals surface area contributed by atoms with Crippen LogP contribution in [0.4, 0.5) is 10.1 Å². The van der Waals surface area contributed by atoms with Crippen LogP contribution in [0, 0.1) is 5.82 Å². The Morgan fingerprint density at radius 3 is 2.67 bits per heavy atom. The topological polar surface area (TPSA) is 66.5 Å². The Bertz CT molecular complexity index is 930. The third-order valence-electron chi connectivity index (χ3n) is 4.33. The van der Waals surface area contributed by atoms with Crippen LogP contribution in [0.3, 0.4) is 0 Å². The molecule has 1 aliphatic heterocycles. The number of rotatable bonds is 7. The summed E-state index contributed by atoms with van der Waals surface area (Å²) in [5.41, 5.74) is 1.66. The summed E-state index contributed by atoms with van der Waals surface area (Å²) in [5, 5.41) is 0. The number of nitrogens with zero attached hydrogens (tertiary/aromatic N) is 1. The second-order valence-corrected chi connectivity index (χ2v) is 9.20. The van der Waals surface area contributed by atoms with Crippen LogP contribution in [0.15, 0.2) is 52.3 Å². The highest BCUT2D eigenvalue weighted by Crippen LogP contribution is 2.30. The highest BCUT2D eigenvalue weighted by molar-refractivity contribution is 7.99. The minimum absolute atomic E-state index is 0.0406.